The first kappa shape index (κ1) is 23.0. The van der Waals surface area contributed by atoms with Crippen molar-refractivity contribution >= 4 is 11.8 Å². The van der Waals surface area contributed by atoms with Gasteiger partial charge in [0.2, 0.25) is 5.88 Å². The van der Waals surface area contributed by atoms with Crippen molar-refractivity contribution in [2.75, 3.05) is 26.2 Å². The number of benzene rings is 2. The molecule has 0 N–H and O–H groups in total. The molecule has 0 radical (unpaired) electrons. The normalized spacial score (nSPS) is 10.4. The number of hydrogen-bond donors (Lipinski definition) is 0. The Labute approximate surface area is 184 Å². The topological polar surface area (TPSA) is 43.8 Å². The Morgan fingerprint density at radius 3 is 1.75 bits per heavy atom. The van der Waals surface area contributed by atoms with Crippen molar-refractivity contribution in [2.45, 2.75) is 13.1 Å². The second-order valence-electron chi connectivity index (χ2n) is 6.87. The van der Waals surface area contributed by atoms with Gasteiger partial charge in [0.1, 0.15) is 22.9 Å². The van der Waals surface area contributed by atoms with E-state index in [-0.39, 0.29) is 5.88 Å². The fourth-order valence-corrected chi connectivity index (χ4v) is 3.19. The summed E-state index contributed by atoms with van der Waals surface area (Å²) in [7, 11) is 4.53. The van der Waals surface area contributed by atoms with E-state index in [1.807, 2.05) is 53.4 Å². The van der Waals surface area contributed by atoms with Gasteiger partial charge in [0.15, 0.2) is 5.82 Å². The van der Waals surface area contributed by atoms with Crippen molar-refractivity contribution in [2.24, 2.45) is 0 Å². The molecule has 3 rings (SSSR count). The number of ether oxygens (including phenoxy) is 3. The number of pyridine rings is 1. The van der Waals surface area contributed by atoms with E-state index in [0.29, 0.717) is 36.4 Å². The maximum absolute atomic E-state index is 14.6. The summed E-state index contributed by atoms with van der Waals surface area (Å²) >= 11 is 0. The number of rotatable bonds is 9. The van der Waals surface area contributed by atoms with Crippen LogP contribution in [0.4, 0.5) is 18.9 Å². The summed E-state index contributed by atoms with van der Waals surface area (Å²) in [5.74, 6) is 0.597. The summed E-state index contributed by atoms with van der Waals surface area (Å²) in [5.41, 5.74) is 1.72. The highest BCUT2D eigenvalue weighted by Gasteiger charge is 2.19. The van der Waals surface area contributed by atoms with Gasteiger partial charge in [0.05, 0.1) is 21.3 Å². The molecule has 1 aromatic heterocycles. The Balaban J connectivity index is 2.01. The van der Waals surface area contributed by atoms with Crippen LogP contribution in [0.2, 0.25) is 0 Å². The van der Waals surface area contributed by atoms with Gasteiger partial charge >= 0.3 is 0 Å². The average Bonchev–Trinajstić information content (AvgIpc) is 2.80. The van der Waals surface area contributed by atoms with Crippen LogP contribution >= 0.6 is 0 Å². The second kappa shape index (κ2) is 10.6. The first-order chi connectivity index (χ1) is 15.4. The summed E-state index contributed by atoms with van der Waals surface area (Å²) in [6, 6.07) is 16.1. The molecule has 0 aliphatic heterocycles. The van der Waals surface area contributed by atoms with E-state index in [1.165, 1.54) is 7.11 Å². The van der Waals surface area contributed by atoms with Crippen molar-refractivity contribution in [1.29, 1.82) is 0 Å². The molecule has 0 atom stereocenters. The van der Waals surface area contributed by atoms with Gasteiger partial charge in [-0.2, -0.15) is 8.78 Å². The molecular weight excluding hydrogens is 421 g/mol. The number of hydrogen-bond acceptors (Lipinski definition) is 5. The van der Waals surface area contributed by atoms with Gasteiger partial charge in [-0.15, -0.1) is 0 Å². The Morgan fingerprint density at radius 1 is 0.844 bits per heavy atom. The number of anilines is 1. The van der Waals surface area contributed by atoms with Gasteiger partial charge in [-0.3, -0.25) is 0 Å². The van der Waals surface area contributed by atoms with Crippen molar-refractivity contribution in [3.05, 3.63) is 83.3 Å². The number of nitrogens with zero attached hydrogens (tertiary/aromatic N) is 2. The van der Waals surface area contributed by atoms with Gasteiger partial charge in [-0.1, -0.05) is 24.3 Å². The van der Waals surface area contributed by atoms with Gasteiger partial charge in [0, 0.05) is 25.2 Å². The molecule has 0 fully saturated rings. The molecule has 0 saturated heterocycles. The molecule has 1 heterocycles. The van der Waals surface area contributed by atoms with Gasteiger partial charge in [-0.25, -0.2) is 9.37 Å². The third kappa shape index (κ3) is 5.72. The molecule has 8 heteroatoms. The Morgan fingerprint density at radius 2 is 1.34 bits per heavy atom. The lowest BCUT2D eigenvalue weighted by Gasteiger charge is -2.27. The van der Waals surface area contributed by atoms with E-state index in [1.54, 1.807) is 14.2 Å². The minimum Gasteiger partial charge on any atom is -0.497 e. The molecule has 2 aromatic carbocycles. The summed E-state index contributed by atoms with van der Waals surface area (Å²) in [6.45, 7) is 0.778. The third-order valence-electron chi connectivity index (χ3n) is 4.79. The maximum Gasteiger partial charge on any atom is 0.272 e. The molecule has 0 aliphatic rings. The lowest BCUT2D eigenvalue weighted by Crippen LogP contribution is -2.23. The first-order valence-corrected chi connectivity index (χ1v) is 9.71. The average molecular weight is 444 g/mol. The first-order valence-electron chi connectivity index (χ1n) is 9.71. The van der Waals surface area contributed by atoms with E-state index in [0.717, 1.165) is 17.2 Å². The lowest BCUT2D eigenvalue weighted by atomic mass is 10.1. The van der Waals surface area contributed by atoms with Gasteiger partial charge in [0.25, 0.3) is 6.08 Å². The minimum atomic E-state index is -2.04. The predicted octanol–water partition coefficient (Wildman–Crippen LogP) is 5.69. The number of methoxy groups -OCH3 is 3. The highest BCUT2D eigenvalue weighted by atomic mass is 19.3. The second-order valence-corrected chi connectivity index (χ2v) is 6.87. The maximum atomic E-state index is 14.6. The zero-order valence-electron chi connectivity index (χ0n) is 17.9. The predicted molar refractivity (Wildman–Crippen MR) is 117 cm³/mol. The van der Waals surface area contributed by atoms with Crippen LogP contribution in [0, 0.1) is 5.82 Å². The smallest absolute Gasteiger partial charge is 0.272 e. The van der Waals surface area contributed by atoms with Crippen LogP contribution in [-0.2, 0) is 13.1 Å². The fraction of sp³-hybridized carbons (Fsp3) is 0.208. The van der Waals surface area contributed by atoms with Gasteiger partial charge in [-0.05, 0) is 35.4 Å². The van der Waals surface area contributed by atoms with E-state index in [9.17, 15) is 13.2 Å². The SMILES string of the molecule is COc1ccc(CN(Cc2ccc(OC)cc2)c2cc(F)c(C=C(F)F)nc2OC)cc1. The summed E-state index contributed by atoms with van der Waals surface area (Å²) in [6.07, 6.45) is -1.67. The van der Waals surface area contributed by atoms with E-state index >= 15 is 0 Å². The fourth-order valence-electron chi connectivity index (χ4n) is 3.19. The molecule has 0 aliphatic carbocycles. The van der Waals surface area contributed by atoms with Crippen LogP contribution in [-0.4, -0.2) is 26.3 Å². The van der Waals surface area contributed by atoms with E-state index in [4.69, 9.17) is 14.2 Å². The molecule has 0 amide bonds. The monoisotopic (exact) mass is 444 g/mol. The summed E-state index contributed by atoms with van der Waals surface area (Å²) in [5, 5.41) is 0. The number of aromatic nitrogens is 1. The van der Waals surface area contributed by atoms with Crippen LogP contribution in [0.5, 0.6) is 17.4 Å². The van der Waals surface area contributed by atoms with E-state index in [2.05, 4.69) is 4.98 Å². The van der Waals surface area contributed by atoms with Crippen molar-refractivity contribution < 1.29 is 27.4 Å². The van der Waals surface area contributed by atoms with Crippen molar-refractivity contribution in [3.63, 3.8) is 0 Å². The molecule has 0 spiro atoms. The molecule has 0 saturated carbocycles. The van der Waals surface area contributed by atoms with Crippen LogP contribution in [0.1, 0.15) is 16.8 Å². The lowest BCUT2D eigenvalue weighted by molar-refractivity contribution is 0.394. The molecule has 3 aromatic rings. The van der Waals surface area contributed by atoms with Crippen LogP contribution in [0.25, 0.3) is 6.08 Å². The largest absolute Gasteiger partial charge is 0.497 e. The molecule has 32 heavy (non-hydrogen) atoms. The Bertz CT molecular complexity index is 1020. The summed E-state index contributed by atoms with van der Waals surface area (Å²) < 4.78 is 55.7. The molecule has 0 bridgehead atoms. The molecular formula is C24H23F3N2O3. The zero-order valence-corrected chi connectivity index (χ0v) is 17.9. The van der Waals surface area contributed by atoms with Crippen LogP contribution in [0.3, 0.4) is 0 Å². The highest BCUT2D eigenvalue weighted by Crippen LogP contribution is 2.32. The Kier molecular flexibility index (Phi) is 7.59. The highest BCUT2D eigenvalue weighted by molar-refractivity contribution is 5.60. The van der Waals surface area contributed by atoms with Crippen LogP contribution < -0.4 is 19.1 Å². The standard InChI is InChI=1S/C24H23F3N2O3/c1-30-18-8-4-16(5-9-18)14-29(15-17-6-10-19(31-2)11-7-17)22-12-20(25)21(13-23(26)27)28-24(22)32-3/h4-13H,14-15H2,1-3H3. The molecule has 5 nitrogen and oxygen atoms in total. The zero-order chi connectivity index (χ0) is 23.1. The number of halogens is 3. The Hall–Kier alpha value is -3.68. The molecule has 168 valence electrons. The van der Waals surface area contributed by atoms with Crippen molar-refractivity contribution in [3.8, 4) is 17.4 Å². The van der Waals surface area contributed by atoms with Crippen LogP contribution in [0.15, 0.2) is 60.7 Å². The molecule has 0 unspecified atom stereocenters. The quantitative estimate of drug-likeness (QED) is 0.424. The third-order valence-corrected chi connectivity index (χ3v) is 4.79. The van der Waals surface area contributed by atoms with Gasteiger partial charge < -0.3 is 19.1 Å². The van der Waals surface area contributed by atoms with Crippen molar-refractivity contribution in [1.82, 2.24) is 4.98 Å². The summed E-state index contributed by atoms with van der Waals surface area (Å²) in [4.78, 5) is 5.81. The van der Waals surface area contributed by atoms with E-state index < -0.39 is 17.6 Å². The minimum absolute atomic E-state index is 0.0425.